The van der Waals surface area contributed by atoms with Gasteiger partial charge in [-0.25, -0.2) is 0 Å². The first-order valence-electron chi connectivity index (χ1n) is 7.57. The molecule has 2 aromatic rings. The minimum Gasteiger partial charge on any atom is -0.456 e. The second kappa shape index (κ2) is 5.72. The third-order valence-corrected chi connectivity index (χ3v) is 4.08. The number of anilines is 1. The Bertz CT molecular complexity index is 1050. The number of hydrogen-bond acceptors (Lipinski definition) is 5. The van der Waals surface area contributed by atoms with Crippen molar-refractivity contribution in [3.8, 4) is 22.5 Å². The van der Waals surface area contributed by atoms with Crippen LogP contribution < -0.4 is 22.5 Å². The number of benzene rings is 3. The van der Waals surface area contributed by atoms with Crippen LogP contribution in [0.1, 0.15) is 0 Å². The first-order valence-corrected chi connectivity index (χ1v) is 7.57. The van der Waals surface area contributed by atoms with Crippen LogP contribution in [-0.4, -0.2) is 0 Å². The van der Waals surface area contributed by atoms with E-state index >= 15 is 0 Å². The molecule has 0 amide bonds. The summed E-state index contributed by atoms with van der Waals surface area (Å²) in [5.74, 6) is 11.7. The summed E-state index contributed by atoms with van der Waals surface area (Å²) in [6, 6.07) is 21.8. The van der Waals surface area contributed by atoms with Crippen molar-refractivity contribution in [3.05, 3.63) is 72.1 Å². The van der Waals surface area contributed by atoms with Crippen molar-refractivity contribution in [1.29, 1.82) is 0 Å². The van der Waals surface area contributed by atoms with E-state index in [1.807, 2.05) is 54.6 Å². The van der Waals surface area contributed by atoms with Crippen LogP contribution in [0.4, 0.5) is 5.69 Å². The number of nitrogen functional groups attached to an aromatic ring is 1. The van der Waals surface area contributed by atoms with Crippen LogP contribution in [0.15, 0.2) is 76.2 Å². The van der Waals surface area contributed by atoms with E-state index in [0.717, 1.165) is 39.1 Å². The predicted octanol–water partition coefficient (Wildman–Crippen LogP) is 3.26. The van der Waals surface area contributed by atoms with Crippen molar-refractivity contribution in [2.75, 3.05) is 5.43 Å². The lowest BCUT2D eigenvalue weighted by Gasteiger charge is -2.15. The normalized spacial score (nSPS) is 12.0. The zero-order valence-corrected chi connectivity index (χ0v) is 12.9. The van der Waals surface area contributed by atoms with Crippen LogP contribution in [-0.2, 0) is 0 Å². The van der Waals surface area contributed by atoms with E-state index in [9.17, 15) is 0 Å². The van der Waals surface area contributed by atoms with Gasteiger partial charge >= 0.3 is 0 Å². The summed E-state index contributed by atoms with van der Waals surface area (Å²) in [6.07, 6.45) is 0. The highest BCUT2D eigenvalue weighted by Gasteiger charge is 2.16. The largest absolute Gasteiger partial charge is 0.456 e. The van der Waals surface area contributed by atoms with Crippen molar-refractivity contribution in [1.82, 2.24) is 0 Å². The van der Waals surface area contributed by atoms with Crippen LogP contribution >= 0.6 is 0 Å². The van der Waals surface area contributed by atoms with Crippen molar-refractivity contribution in [2.24, 2.45) is 16.8 Å². The second-order valence-corrected chi connectivity index (χ2v) is 5.51. The molecule has 118 valence electrons. The van der Waals surface area contributed by atoms with Gasteiger partial charge in [0.05, 0.1) is 11.0 Å². The van der Waals surface area contributed by atoms with Gasteiger partial charge in [0, 0.05) is 28.6 Å². The quantitative estimate of drug-likeness (QED) is 0.301. The zero-order chi connectivity index (χ0) is 16.5. The maximum Gasteiger partial charge on any atom is 0.137 e. The molecule has 1 heterocycles. The number of fused-ring (bicyclic) bond motifs is 2. The fraction of sp³-hybridized carbons (Fsp3) is 0. The molecule has 4 rings (SSSR count). The highest BCUT2D eigenvalue weighted by atomic mass is 16.3. The molecule has 0 spiro atoms. The lowest BCUT2D eigenvalue weighted by molar-refractivity contribution is 0.619. The van der Waals surface area contributed by atoms with Gasteiger partial charge < -0.3 is 15.7 Å². The number of hydrogen-bond donors (Lipinski definition) is 3. The predicted molar refractivity (Wildman–Crippen MR) is 95.8 cm³/mol. The van der Waals surface area contributed by atoms with Gasteiger partial charge in [-0.2, -0.15) is 5.10 Å². The number of nitrogens with one attached hydrogen (secondary N) is 1. The summed E-state index contributed by atoms with van der Waals surface area (Å²) in [4.78, 5) is 0. The number of nitrogens with zero attached hydrogens (tertiary/aromatic N) is 1. The van der Waals surface area contributed by atoms with Crippen LogP contribution in [0.5, 0.6) is 0 Å². The Morgan fingerprint density at radius 2 is 1.75 bits per heavy atom. The van der Waals surface area contributed by atoms with E-state index in [1.165, 1.54) is 0 Å². The third kappa shape index (κ3) is 2.28. The van der Waals surface area contributed by atoms with E-state index in [4.69, 9.17) is 16.1 Å². The number of hydrazine groups is 1. The van der Waals surface area contributed by atoms with Crippen LogP contribution in [0.2, 0.25) is 0 Å². The Morgan fingerprint density at radius 3 is 2.50 bits per heavy atom. The Balaban J connectivity index is 2.16. The van der Waals surface area contributed by atoms with E-state index in [1.54, 1.807) is 0 Å². The maximum atomic E-state index is 6.08. The zero-order valence-electron chi connectivity index (χ0n) is 12.9. The summed E-state index contributed by atoms with van der Waals surface area (Å²) >= 11 is 0. The smallest absolute Gasteiger partial charge is 0.137 e. The first-order chi connectivity index (χ1) is 11.8. The second-order valence-electron chi connectivity index (χ2n) is 5.51. The van der Waals surface area contributed by atoms with Crippen molar-refractivity contribution < 1.29 is 4.42 Å². The molecule has 5 nitrogen and oxygen atoms in total. The van der Waals surface area contributed by atoms with E-state index in [2.05, 4.69) is 22.7 Å². The average molecular weight is 316 g/mol. The molecule has 0 saturated carbocycles. The lowest BCUT2D eigenvalue weighted by atomic mass is 9.93. The van der Waals surface area contributed by atoms with Crippen LogP contribution in [0, 0.1) is 0 Å². The molecule has 0 aromatic heterocycles. The highest BCUT2D eigenvalue weighted by molar-refractivity contribution is 6.02. The van der Waals surface area contributed by atoms with Gasteiger partial charge in [-0.15, -0.1) is 0 Å². The lowest BCUT2D eigenvalue weighted by Crippen LogP contribution is -2.07. The fourth-order valence-electron chi connectivity index (χ4n) is 2.96. The van der Waals surface area contributed by atoms with Crippen LogP contribution in [0.25, 0.3) is 33.4 Å². The molecule has 5 heteroatoms. The fourth-order valence-corrected chi connectivity index (χ4v) is 2.96. The summed E-state index contributed by atoms with van der Waals surface area (Å²) in [5, 5.41) is 5.43. The summed E-state index contributed by atoms with van der Waals surface area (Å²) < 4.78 is 6.08. The van der Waals surface area contributed by atoms with Gasteiger partial charge in [-0.3, -0.25) is 5.84 Å². The molecule has 0 saturated heterocycles. The molecular formula is C19H16N4O. The minimum atomic E-state index is 0.665. The maximum absolute atomic E-state index is 6.08. The summed E-state index contributed by atoms with van der Waals surface area (Å²) in [7, 11) is 0. The van der Waals surface area contributed by atoms with Crippen molar-refractivity contribution in [3.63, 3.8) is 0 Å². The number of nitrogens with two attached hydrogens (primary N) is 2. The van der Waals surface area contributed by atoms with Gasteiger partial charge in [0.2, 0.25) is 0 Å². The molecule has 1 aliphatic heterocycles. The topological polar surface area (TPSA) is 89.6 Å². The molecule has 24 heavy (non-hydrogen) atoms. The van der Waals surface area contributed by atoms with E-state index in [0.29, 0.717) is 5.36 Å². The SMILES string of the molecule is N/N=c1\ccc2c(-c3ccccc3)c3ccc(NN)cc3oc-2c1. The van der Waals surface area contributed by atoms with Gasteiger partial charge in [-0.1, -0.05) is 30.3 Å². The average Bonchev–Trinajstić information content (AvgIpc) is 2.65. The Morgan fingerprint density at radius 1 is 0.917 bits per heavy atom. The molecule has 1 aliphatic carbocycles. The Kier molecular flexibility index (Phi) is 3.40. The Labute approximate surface area is 138 Å². The van der Waals surface area contributed by atoms with E-state index in [-0.39, 0.29) is 0 Å². The summed E-state index contributed by atoms with van der Waals surface area (Å²) in [6.45, 7) is 0. The molecule has 2 aromatic carbocycles. The highest BCUT2D eigenvalue weighted by Crippen LogP contribution is 2.40. The third-order valence-electron chi connectivity index (χ3n) is 4.08. The van der Waals surface area contributed by atoms with Gasteiger partial charge in [0.1, 0.15) is 11.3 Å². The number of rotatable bonds is 2. The molecule has 0 radical (unpaired) electrons. The monoisotopic (exact) mass is 316 g/mol. The van der Waals surface area contributed by atoms with Crippen LogP contribution in [0.3, 0.4) is 0 Å². The van der Waals surface area contributed by atoms with Crippen molar-refractivity contribution in [2.45, 2.75) is 0 Å². The van der Waals surface area contributed by atoms with E-state index < -0.39 is 0 Å². The molecule has 0 bridgehead atoms. The Hall–Kier alpha value is -3.31. The molecule has 0 fully saturated rings. The van der Waals surface area contributed by atoms with Gasteiger partial charge in [-0.05, 0) is 29.8 Å². The van der Waals surface area contributed by atoms with Gasteiger partial charge in [0.15, 0.2) is 0 Å². The minimum absolute atomic E-state index is 0.665. The molecule has 2 aliphatic rings. The van der Waals surface area contributed by atoms with Gasteiger partial charge in [0.25, 0.3) is 0 Å². The molecular weight excluding hydrogens is 300 g/mol. The first kappa shape index (κ1) is 14.3. The molecule has 5 N–H and O–H groups in total. The summed E-state index contributed by atoms with van der Waals surface area (Å²) in [5.41, 5.74) is 7.41. The molecule has 0 atom stereocenters. The molecule has 0 unspecified atom stereocenters. The van der Waals surface area contributed by atoms with Crippen molar-refractivity contribution >= 4 is 16.7 Å². The standard InChI is InChI=1S/C19H16N4O/c20-22-13-6-8-15-17(10-13)24-18-11-14(23-21)7-9-16(18)19(15)12-4-2-1-3-5-12/h1-11,22H,20-21H2/b23-14+.